The minimum Gasteiger partial charge on any atom is -0.451 e. The highest BCUT2D eigenvalue weighted by molar-refractivity contribution is 5.90. The Hall–Kier alpha value is -2.70. The Kier molecular flexibility index (Phi) is 4.88. The molecule has 1 aromatic carbocycles. The molecule has 1 amide bonds. The number of ether oxygens (including phenoxy) is 1. The third-order valence-corrected chi connectivity index (χ3v) is 4.02. The number of hydrogen-bond acceptors (Lipinski definition) is 5. The highest BCUT2D eigenvalue weighted by atomic mass is 16.5. The normalized spacial score (nSPS) is 14.5. The van der Waals surface area contributed by atoms with Crippen molar-refractivity contribution in [1.29, 1.82) is 0 Å². The number of nitrogens with zero attached hydrogens (tertiary/aromatic N) is 3. The van der Waals surface area contributed by atoms with Crippen molar-refractivity contribution in [2.24, 2.45) is 0 Å². The monoisotopic (exact) mass is 328 g/mol. The summed E-state index contributed by atoms with van der Waals surface area (Å²) in [5, 5.41) is 11.3. The second kappa shape index (κ2) is 7.25. The molecule has 126 valence electrons. The molecule has 0 bridgehead atoms. The SMILES string of the molecule is Cc1nn(-c2ccccc2)nc1C(=O)OCC(=O)NC1CCCC1. The van der Waals surface area contributed by atoms with E-state index in [1.807, 2.05) is 30.3 Å². The number of rotatable bonds is 5. The maximum Gasteiger partial charge on any atom is 0.361 e. The Morgan fingerprint density at radius 1 is 1.21 bits per heavy atom. The average molecular weight is 328 g/mol. The van der Waals surface area contributed by atoms with E-state index in [-0.39, 0.29) is 24.2 Å². The first-order valence-corrected chi connectivity index (χ1v) is 8.09. The van der Waals surface area contributed by atoms with Gasteiger partial charge in [0.2, 0.25) is 0 Å². The number of carbonyl (C=O) groups excluding carboxylic acids is 2. The summed E-state index contributed by atoms with van der Waals surface area (Å²) in [5.74, 6) is -0.917. The van der Waals surface area contributed by atoms with Crippen molar-refractivity contribution < 1.29 is 14.3 Å². The lowest BCUT2D eigenvalue weighted by Gasteiger charge is -2.11. The number of aryl methyl sites for hydroxylation is 1. The predicted molar refractivity (Wildman–Crippen MR) is 86.8 cm³/mol. The van der Waals surface area contributed by atoms with E-state index < -0.39 is 5.97 Å². The van der Waals surface area contributed by atoms with Gasteiger partial charge < -0.3 is 10.1 Å². The Labute approximate surface area is 140 Å². The Bertz CT molecular complexity index is 721. The maximum absolute atomic E-state index is 12.1. The summed E-state index contributed by atoms with van der Waals surface area (Å²) in [7, 11) is 0. The molecule has 1 heterocycles. The van der Waals surface area contributed by atoms with E-state index in [2.05, 4.69) is 15.5 Å². The minimum atomic E-state index is -0.642. The van der Waals surface area contributed by atoms with Crippen LogP contribution in [0.25, 0.3) is 5.69 Å². The van der Waals surface area contributed by atoms with Crippen LogP contribution in [0.5, 0.6) is 0 Å². The lowest BCUT2D eigenvalue weighted by atomic mass is 10.2. The fourth-order valence-corrected chi connectivity index (χ4v) is 2.78. The smallest absolute Gasteiger partial charge is 0.361 e. The average Bonchev–Trinajstić information content (AvgIpc) is 3.23. The number of aromatic nitrogens is 3. The first kappa shape index (κ1) is 16.2. The van der Waals surface area contributed by atoms with Gasteiger partial charge >= 0.3 is 5.97 Å². The number of amides is 1. The van der Waals surface area contributed by atoms with Gasteiger partial charge in [0.1, 0.15) is 0 Å². The Balaban J connectivity index is 1.59. The number of para-hydroxylation sites is 1. The molecule has 0 aliphatic heterocycles. The largest absolute Gasteiger partial charge is 0.451 e. The quantitative estimate of drug-likeness (QED) is 0.846. The summed E-state index contributed by atoms with van der Waals surface area (Å²) >= 11 is 0. The van der Waals surface area contributed by atoms with Crippen LogP contribution in [0.4, 0.5) is 0 Å². The third-order valence-electron chi connectivity index (χ3n) is 4.02. The minimum absolute atomic E-state index is 0.118. The van der Waals surface area contributed by atoms with Gasteiger partial charge in [-0.25, -0.2) is 4.79 Å². The van der Waals surface area contributed by atoms with Crippen LogP contribution in [0.2, 0.25) is 0 Å². The van der Waals surface area contributed by atoms with Crippen LogP contribution in [0.3, 0.4) is 0 Å². The lowest BCUT2D eigenvalue weighted by Crippen LogP contribution is -2.36. The second-order valence-electron chi connectivity index (χ2n) is 5.88. The van der Waals surface area contributed by atoms with Crippen LogP contribution < -0.4 is 5.32 Å². The zero-order valence-electron chi connectivity index (χ0n) is 13.6. The molecule has 7 heteroatoms. The highest BCUT2D eigenvalue weighted by Gasteiger charge is 2.21. The molecular weight excluding hydrogens is 308 g/mol. The van der Waals surface area contributed by atoms with E-state index in [0.717, 1.165) is 31.4 Å². The van der Waals surface area contributed by atoms with Crippen LogP contribution in [-0.4, -0.2) is 39.5 Å². The molecule has 1 aliphatic rings. The molecule has 0 unspecified atom stereocenters. The zero-order chi connectivity index (χ0) is 16.9. The zero-order valence-corrected chi connectivity index (χ0v) is 13.6. The van der Waals surface area contributed by atoms with Crippen molar-refractivity contribution in [3.05, 3.63) is 41.7 Å². The van der Waals surface area contributed by atoms with E-state index in [9.17, 15) is 9.59 Å². The summed E-state index contributed by atoms with van der Waals surface area (Å²) in [6.07, 6.45) is 4.24. The molecule has 0 radical (unpaired) electrons. The van der Waals surface area contributed by atoms with Gasteiger partial charge in [-0.15, -0.1) is 5.10 Å². The molecule has 24 heavy (non-hydrogen) atoms. The predicted octanol–water partition coefficient (Wildman–Crippen LogP) is 1.79. The molecule has 7 nitrogen and oxygen atoms in total. The van der Waals surface area contributed by atoms with Crippen molar-refractivity contribution in [2.75, 3.05) is 6.61 Å². The summed E-state index contributed by atoms with van der Waals surface area (Å²) < 4.78 is 5.06. The summed E-state index contributed by atoms with van der Waals surface area (Å²) in [6.45, 7) is 1.38. The van der Waals surface area contributed by atoms with Gasteiger partial charge in [0.05, 0.1) is 11.4 Å². The molecule has 3 rings (SSSR count). The van der Waals surface area contributed by atoms with Gasteiger partial charge in [-0.2, -0.15) is 9.90 Å². The van der Waals surface area contributed by atoms with Crippen molar-refractivity contribution in [3.63, 3.8) is 0 Å². The summed E-state index contributed by atoms with van der Waals surface area (Å²) in [6, 6.07) is 9.49. The number of esters is 1. The molecule has 1 aromatic heterocycles. The number of carbonyl (C=O) groups is 2. The van der Waals surface area contributed by atoms with Gasteiger partial charge in [0.15, 0.2) is 12.3 Å². The van der Waals surface area contributed by atoms with E-state index >= 15 is 0 Å². The first-order chi connectivity index (χ1) is 11.6. The Morgan fingerprint density at radius 3 is 2.62 bits per heavy atom. The van der Waals surface area contributed by atoms with Gasteiger partial charge in [0, 0.05) is 6.04 Å². The molecule has 0 spiro atoms. The maximum atomic E-state index is 12.1. The van der Waals surface area contributed by atoms with Gasteiger partial charge in [-0.1, -0.05) is 31.0 Å². The van der Waals surface area contributed by atoms with Crippen molar-refractivity contribution in [3.8, 4) is 5.69 Å². The van der Waals surface area contributed by atoms with Gasteiger partial charge in [0.25, 0.3) is 5.91 Å². The van der Waals surface area contributed by atoms with Crippen LogP contribution in [0, 0.1) is 6.92 Å². The fraction of sp³-hybridized carbons (Fsp3) is 0.412. The van der Waals surface area contributed by atoms with E-state index in [1.165, 1.54) is 4.80 Å². The lowest BCUT2D eigenvalue weighted by molar-refractivity contribution is -0.124. The molecule has 0 atom stereocenters. The first-order valence-electron chi connectivity index (χ1n) is 8.09. The standard InChI is InChI=1S/C17H20N4O3/c1-12-16(20-21(19-12)14-9-3-2-4-10-14)17(23)24-11-15(22)18-13-7-5-6-8-13/h2-4,9-10,13H,5-8,11H2,1H3,(H,18,22). The molecule has 1 fully saturated rings. The van der Waals surface area contributed by atoms with Gasteiger partial charge in [-0.3, -0.25) is 4.79 Å². The van der Waals surface area contributed by atoms with Crippen LogP contribution in [-0.2, 0) is 9.53 Å². The van der Waals surface area contributed by atoms with E-state index in [4.69, 9.17) is 4.74 Å². The molecule has 1 saturated carbocycles. The molecule has 1 N–H and O–H groups in total. The molecule has 1 aliphatic carbocycles. The van der Waals surface area contributed by atoms with Crippen LogP contribution in [0.1, 0.15) is 41.9 Å². The highest BCUT2D eigenvalue weighted by Crippen LogP contribution is 2.17. The Morgan fingerprint density at radius 2 is 1.92 bits per heavy atom. The van der Waals surface area contributed by atoms with Crippen molar-refractivity contribution in [1.82, 2.24) is 20.3 Å². The molecule has 0 saturated heterocycles. The van der Waals surface area contributed by atoms with Crippen LogP contribution >= 0.6 is 0 Å². The topological polar surface area (TPSA) is 86.1 Å². The molecule has 2 aromatic rings. The summed E-state index contributed by atoms with van der Waals surface area (Å²) in [5.41, 5.74) is 1.33. The van der Waals surface area contributed by atoms with Crippen LogP contribution in [0.15, 0.2) is 30.3 Å². The summed E-state index contributed by atoms with van der Waals surface area (Å²) in [4.78, 5) is 25.3. The van der Waals surface area contributed by atoms with E-state index in [1.54, 1.807) is 6.92 Å². The van der Waals surface area contributed by atoms with Crippen molar-refractivity contribution in [2.45, 2.75) is 38.6 Å². The number of nitrogens with one attached hydrogen (secondary N) is 1. The molecular formula is C17H20N4O3. The fourth-order valence-electron chi connectivity index (χ4n) is 2.78. The van der Waals surface area contributed by atoms with Gasteiger partial charge in [-0.05, 0) is 31.9 Å². The number of benzene rings is 1. The van der Waals surface area contributed by atoms with Crippen molar-refractivity contribution >= 4 is 11.9 Å². The third kappa shape index (κ3) is 3.79. The number of hydrogen-bond donors (Lipinski definition) is 1. The van der Waals surface area contributed by atoms with E-state index in [0.29, 0.717) is 5.69 Å². The second-order valence-corrected chi connectivity index (χ2v) is 5.88.